The van der Waals surface area contributed by atoms with Crippen molar-refractivity contribution in [3.63, 3.8) is 0 Å². The number of carbonyl (C=O) groups excluding carboxylic acids is 2. The molecule has 0 spiro atoms. The maximum atomic E-state index is 13.4. The van der Waals surface area contributed by atoms with Crippen LogP contribution in [0.25, 0.3) is 0 Å². The molecule has 2 aliphatic rings. The number of fused-ring (bicyclic) bond motifs is 1. The van der Waals surface area contributed by atoms with Crippen molar-refractivity contribution in [2.24, 2.45) is 5.92 Å². The number of rotatable bonds is 7. The molecule has 1 atom stereocenters. The normalized spacial score (nSPS) is 17.5. The maximum Gasteiger partial charge on any atom is 0.417 e. The average molecular weight is 537 g/mol. The number of benzene rings is 2. The highest BCUT2D eigenvalue weighted by Crippen LogP contribution is 2.35. The summed E-state index contributed by atoms with van der Waals surface area (Å²) in [5.41, 5.74) is 2.08. The Morgan fingerprint density at radius 1 is 0.949 bits per heavy atom. The molecule has 1 fully saturated rings. The number of nitrogens with one attached hydrogen (secondary N) is 2. The van der Waals surface area contributed by atoms with Crippen LogP contribution < -0.4 is 15.5 Å². The summed E-state index contributed by atoms with van der Waals surface area (Å²) in [5.74, 6) is -0.417. The summed E-state index contributed by atoms with van der Waals surface area (Å²) in [6, 6.07) is 13.8. The van der Waals surface area contributed by atoms with Crippen molar-refractivity contribution < 1.29 is 22.8 Å². The van der Waals surface area contributed by atoms with Crippen molar-refractivity contribution in [3.8, 4) is 0 Å². The van der Waals surface area contributed by atoms with Gasteiger partial charge in [-0.3, -0.25) is 14.6 Å². The van der Waals surface area contributed by atoms with E-state index in [0.29, 0.717) is 30.9 Å². The number of aromatic nitrogens is 1. The minimum absolute atomic E-state index is 0.189. The Morgan fingerprint density at radius 3 is 2.44 bits per heavy atom. The lowest BCUT2D eigenvalue weighted by Crippen LogP contribution is -2.35. The number of aryl methyl sites for hydroxylation is 1. The van der Waals surface area contributed by atoms with Crippen molar-refractivity contribution >= 4 is 17.5 Å². The van der Waals surface area contributed by atoms with E-state index in [1.54, 1.807) is 24.5 Å². The number of anilines is 1. The maximum absolute atomic E-state index is 13.4. The van der Waals surface area contributed by atoms with Gasteiger partial charge in [-0.2, -0.15) is 13.2 Å². The molecule has 2 amide bonds. The first-order chi connectivity index (χ1) is 18.8. The quantitative estimate of drug-likeness (QED) is 0.415. The molecule has 5 rings (SSSR count). The number of pyridine rings is 1. The van der Waals surface area contributed by atoms with E-state index in [4.69, 9.17) is 0 Å². The molecule has 0 saturated carbocycles. The third-order valence-corrected chi connectivity index (χ3v) is 7.75. The monoisotopic (exact) mass is 536 g/mol. The van der Waals surface area contributed by atoms with Gasteiger partial charge in [-0.25, -0.2) is 0 Å². The SMILES string of the molecule is O=C(NCCC1CCN(c2ccncc2)CC1)c1ccc2c(c1)C(NC(=O)c1ccccc1C(F)(F)F)CC2. The first-order valence-electron chi connectivity index (χ1n) is 13.3. The summed E-state index contributed by atoms with van der Waals surface area (Å²) in [7, 11) is 0. The number of halogens is 3. The summed E-state index contributed by atoms with van der Waals surface area (Å²) in [6.45, 7) is 2.53. The molecule has 3 aromatic rings. The van der Waals surface area contributed by atoms with Crippen LogP contribution in [-0.4, -0.2) is 36.4 Å². The van der Waals surface area contributed by atoms with Gasteiger partial charge in [0, 0.05) is 43.3 Å². The highest BCUT2D eigenvalue weighted by atomic mass is 19.4. The van der Waals surface area contributed by atoms with Gasteiger partial charge in [0.05, 0.1) is 17.2 Å². The second-order valence-electron chi connectivity index (χ2n) is 10.2. The van der Waals surface area contributed by atoms with Crippen molar-refractivity contribution in [1.82, 2.24) is 15.6 Å². The van der Waals surface area contributed by atoms with E-state index in [2.05, 4.69) is 20.5 Å². The predicted octanol–water partition coefficient (Wildman–Crippen LogP) is 5.55. The smallest absolute Gasteiger partial charge is 0.371 e. The summed E-state index contributed by atoms with van der Waals surface area (Å²) in [4.78, 5) is 32.1. The molecule has 204 valence electrons. The van der Waals surface area contributed by atoms with Crippen molar-refractivity contribution in [2.75, 3.05) is 24.5 Å². The van der Waals surface area contributed by atoms with Crippen LogP contribution in [0.1, 0.15) is 69.1 Å². The molecule has 1 unspecified atom stereocenters. The van der Waals surface area contributed by atoms with Crippen molar-refractivity contribution in [2.45, 2.75) is 44.3 Å². The summed E-state index contributed by atoms with van der Waals surface area (Å²) in [6.07, 6.45) is 3.27. The second-order valence-corrected chi connectivity index (χ2v) is 10.2. The number of hydrogen-bond acceptors (Lipinski definition) is 4. The Bertz CT molecular complexity index is 1320. The van der Waals surface area contributed by atoms with Crippen LogP contribution in [-0.2, 0) is 12.6 Å². The van der Waals surface area contributed by atoms with E-state index in [1.165, 1.54) is 23.9 Å². The Balaban J connectivity index is 1.15. The first-order valence-corrected chi connectivity index (χ1v) is 13.3. The van der Waals surface area contributed by atoms with Gasteiger partial charge in [-0.05, 0) is 85.5 Å². The highest BCUT2D eigenvalue weighted by molar-refractivity contribution is 5.96. The van der Waals surface area contributed by atoms with Gasteiger partial charge in [-0.15, -0.1) is 0 Å². The predicted molar refractivity (Wildman–Crippen MR) is 143 cm³/mol. The van der Waals surface area contributed by atoms with Gasteiger partial charge in [0.15, 0.2) is 0 Å². The van der Waals surface area contributed by atoms with Gasteiger partial charge < -0.3 is 15.5 Å². The Morgan fingerprint density at radius 2 is 1.69 bits per heavy atom. The highest BCUT2D eigenvalue weighted by Gasteiger charge is 2.35. The van der Waals surface area contributed by atoms with Crippen LogP contribution in [0.5, 0.6) is 0 Å². The first kappa shape index (κ1) is 26.7. The fourth-order valence-corrected chi connectivity index (χ4v) is 5.58. The van der Waals surface area contributed by atoms with E-state index in [1.807, 2.05) is 18.2 Å². The Kier molecular flexibility index (Phi) is 7.86. The molecular weight excluding hydrogens is 505 g/mol. The Hall–Kier alpha value is -3.88. The topological polar surface area (TPSA) is 74.3 Å². The van der Waals surface area contributed by atoms with Gasteiger partial charge in [-0.1, -0.05) is 18.2 Å². The molecule has 9 heteroatoms. The number of piperidine rings is 1. The van der Waals surface area contributed by atoms with Crippen molar-refractivity contribution in [1.29, 1.82) is 0 Å². The molecule has 2 aromatic carbocycles. The molecule has 1 aliphatic carbocycles. The van der Waals surface area contributed by atoms with E-state index < -0.39 is 29.3 Å². The minimum atomic E-state index is -4.62. The zero-order valence-electron chi connectivity index (χ0n) is 21.5. The van der Waals surface area contributed by atoms with Crippen LogP contribution in [0.2, 0.25) is 0 Å². The van der Waals surface area contributed by atoms with Crippen LogP contribution in [0.4, 0.5) is 18.9 Å². The van der Waals surface area contributed by atoms with Gasteiger partial charge in [0.2, 0.25) is 0 Å². The van der Waals surface area contributed by atoms with Gasteiger partial charge >= 0.3 is 6.18 Å². The molecule has 1 aromatic heterocycles. The van der Waals surface area contributed by atoms with Crippen LogP contribution in [0, 0.1) is 5.92 Å². The zero-order valence-corrected chi connectivity index (χ0v) is 21.5. The molecule has 1 aliphatic heterocycles. The number of alkyl halides is 3. The fourth-order valence-electron chi connectivity index (χ4n) is 5.58. The molecule has 2 N–H and O–H groups in total. The standard InChI is InChI=1S/C30H31F3N4O2/c31-30(32,33)26-4-2-1-3-24(26)29(39)36-27-8-7-21-5-6-22(19-25(21)27)28(38)35-16-9-20-12-17-37(18-13-20)23-10-14-34-15-11-23/h1-6,10-11,14-15,19-20,27H,7-9,12-13,16-18H2,(H,35,38)(H,36,39). The van der Waals surface area contributed by atoms with Gasteiger partial charge in [0.25, 0.3) is 11.8 Å². The molecule has 2 heterocycles. The molecular formula is C30H31F3N4O2. The van der Waals surface area contributed by atoms with Crippen LogP contribution in [0.15, 0.2) is 67.0 Å². The third kappa shape index (κ3) is 6.24. The number of hydrogen-bond donors (Lipinski definition) is 2. The van der Waals surface area contributed by atoms with Crippen LogP contribution in [0.3, 0.4) is 0 Å². The van der Waals surface area contributed by atoms with E-state index in [-0.39, 0.29) is 5.91 Å². The van der Waals surface area contributed by atoms with Crippen LogP contribution >= 0.6 is 0 Å². The number of amides is 2. The van der Waals surface area contributed by atoms with Crippen molar-refractivity contribution in [3.05, 3.63) is 94.8 Å². The summed E-state index contributed by atoms with van der Waals surface area (Å²) >= 11 is 0. The molecule has 1 saturated heterocycles. The molecule has 6 nitrogen and oxygen atoms in total. The lowest BCUT2D eigenvalue weighted by Gasteiger charge is -2.33. The lowest BCUT2D eigenvalue weighted by molar-refractivity contribution is -0.137. The average Bonchev–Trinajstić information content (AvgIpc) is 3.35. The van der Waals surface area contributed by atoms with E-state index >= 15 is 0 Å². The fraction of sp³-hybridized carbons (Fsp3) is 0.367. The number of nitrogens with zero attached hydrogens (tertiary/aromatic N) is 2. The third-order valence-electron chi connectivity index (χ3n) is 7.75. The Labute approximate surface area is 225 Å². The minimum Gasteiger partial charge on any atom is -0.371 e. The van der Waals surface area contributed by atoms with E-state index in [0.717, 1.165) is 49.5 Å². The number of carbonyl (C=O) groups is 2. The largest absolute Gasteiger partial charge is 0.417 e. The summed E-state index contributed by atoms with van der Waals surface area (Å²) < 4.78 is 40.1. The molecule has 0 radical (unpaired) electrons. The lowest BCUT2D eigenvalue weighted by atomic mass is 9.93. The second kappa shape index (κ2) is 11.5. The summed E-state index contributed by atoms with van der Waals surface area (Å²) in [5, 5.41) is 5.77. The molecule has 0 bridgehead atoms. The zero-order chi connectivity index (χ0) is 27.4. The van der Waals surface area contributed by atoms with Gasteiger partial charge in [0.1, 0.15) is 0 Å². The van der Waals surface area contributed by atoms with E-state index in [9.17, 15) is 22.8 Å². The molecule has 39 heavy (non-hydrogen) atoms.